The van der Waals surface area contributed by atoms with Crippen molar-refractivity contribution < 1.29 is 9.59 Å². The maximum absolute atomic E-state index is 13.0. The fraction of sp³-hybridized carbons (Fsp3) is 0.550. The highest BCUT2D eigenvalue weighted by Gasteiger charge is 2.34. The summed E-state index contributed by atoms with van der Waals surface area (Å²) in [5.41, 5.74) is 1.00. The fourth-order valence-corrected chi connectivity index (χ4v) is 3.94. The second kappa shape index (κ2) is 7.58. The van der Waals surface area contributed by atoms with Gasteiger partial charge < -0.3 is 15.2 Å². The van der Waals surface area contributed by atoms with Crippen LogP contribution in [-0.2, 0) is 16.0 Å². The van der Waals surface area contributed by atoms with Crippen LogP contribution in [0.1, 0.15) is 43.7 Å². The molecule has 8 heteroatoms. The number of nitrogens with zero attached hydrogens (tertiary/aromatic N) is 3. The maximum Gasteiger partial charge on any atom is 0.277 e. The van der Waals surface area contributed by atoms with Crippen LogP contribution in [0.25, 0.3) is 0 Å². The van der Waals surface area contributed by atoms with E-state index in [9.17, 15) is 19.6 Å². The molecular formula is C20H23N5O3. The third kappa shape index (κ3) is 3.70. The molecule has 0 spiro atoms. The summed E-state index contributed by atoms with van der Waals surface area (Å²) in [4.78, 5) is 41.8. The van der Waals surface area contributed by atoms with Gasteiger partial charge in [-0.25, -0.2) is 0 Å². The van der Waals surface area contributed by atoms with Gasteiger partial charge in [0.2, 0.25) is 11.8 Å². The van der Waals surface area contributed by atoms with E-state index in [1.54, 1.807) is 12.4 Å². The lowest BCUT2D eigenvalue weighted by Gasteiger charge is -2.22. The van der Waals surface area contributed by atoms with Crippen molar-refractivity contribution >= 4 is 23.7 Å². The molecule has 0 radical (unpaired) electrons. The SMILES string of the molecule is N#CC(CC1CCNC1=O)NC(=O)C(CC1CC1)n1ccc2c(c1=O)N=CC2. The molecule has 146 valence electrons. The van der Waals surface area contributed by atoms with Gasteiger partial charge in [0.05, 0.1) is 6.07 Å². The number of hydrogen-bond donors (Lipinski definition) is 2. The Hall–Kier alpha value is -2.95. The Morgan fingerprint density at radius 2 is 2.18 bits per heavy atom. The molecular weight excluding hydrogens is 358 g/mol. The van der Waals surface area contributed by atoms with Crippen LogP contribution in [0.2, 0.25) is 0 Å². The van der Waals surface area contributed by atoms with Crippen molar-refractivity contribution in [3.8, 4) is 6.07 Å². The summed E-state index contributed by atoms with van der Waals surface area (Å²) in [6.07, 6.45) is 7.60. The van der Waals surface area contributed by atoms with Crippen molar-refractivity contribution in [3.05, 3.63) is 28.2 Å². The van der Waals surface area contributed by atoms with Gasteiger partial charge in [0.1, 0.15) is 17.8 Å². The molecule has 1 aromatic heterocycles. The Balaban J connectivity index is 1.53. The molecule has 1 aliphatic carbocycles. The van der Waals surface area contributed by atoms with Crippen LogP contribution in [-0.4, -0.2) is 35.2 Å². The van der Waals surface area contributed by atoms with E-state index in [0.29, 0.717) is 37.4 Å². The first-order valence-corrected chi connectivity index (χ1v) is 9.81. The summed E-state index contributed by atoms with van der Waals surface area (Å²) in [5, 5.41) is 15.0. The van der Waals surface area contributed by atoms with Crippen LogP contribution in [0.5, 0.6) is 0 Å². The number of hydrogen-bond acceptors (Lipinski definition) is 5. The first kappa shape index (κ1) is 18.4. The van der Waals surface area contributed by atoms with Gasteiger partial charge in [0.15, 0.2) is 0 Å². The first-order chi connectivity index (χ1) is 13.6. The third-order valence-corrected chi connectivity index (χ3v) is 5.76. The molecule has 2 N–H and O–H groups in total. The average Bonchev–Trinajstić information content (AvgIpc) is 3.21. The van der Waals surface area contributed by atoms with Crippen LogP contribution in [0.15, 0.2) is 22.1 Å². The fourth-order valence-electron chi connectivity index (χ4n) is 3.94. The van der Waals surface area contributed by atoms with E-state index in [4.69, 9.17) is 0 Å². The Morgan fingerprint density at radius 1 is 1.36 bits per heavy atom. The van der Waals surface area contributed by atoms with E-state index >= 15 is 0 Å². The zero-order valence-corrected chi connectivity index (χ0v) is 15.6. The smallest absolute Gasteiger partial charge is 0.277 e. The molecule has 8 nitrogen and oxygen atoms in total. The molecule has 0 aromatic carbocycles. The normalized spacial score (nSPS) is 22.2. The van der Waals surface area contributed by atoms with Crippen LogP contribution in [0.4, 0.5) is 5.69 Å². The van der Waals surface area contributed by atoms with E-state index < -0.39 is 12.1 Å². The van der Waals surface area contributed by atoms with Crippen LogP contribution in [0, 0.1) is 23.2 Å². The molecule has 0 bridgehead atoms. The van der Waals surface area contributed by atoms with Gasteiger partial charge in [-0.1, -0.05) is 12.8 Å². The molecule has 4 rings (SSSR count). The number of nitriles is 1. The summed E-state index contributed by atoms with van der Waals surface area (Å²) >= 11 is 0. The first-order valence-electron chi connectivity index (χ1n) is 9.81. The summed E-state index contributed by atoms with van der Waals surface area (Å²) in [5.74, 6) is -0.262. The lowest BCUT2D eigenvalue weighted by Crippen LogP contribution is -2.43. The molecule has 2 aliphatic heterocycles. The third-order valence-electron chi connectivity index (χ3n) is 5.76. The maximum atomic E-state index is 13.0. The number of aliphatic imine (C=N–C) groups is 1. The molecule has 3 atom stereocenters. The highest BCUT2D eigenvalue weighted by atomic mass is 16.2. The van der Waals surface area contributed by atoms with Crippen molar-refractivity contribution in [1.29, 1.82) is 5.26 Å². The lowest BCUT2D eigenvalue weighted by atomic mass is 9.98. The number of aromatic nitrogens is 1. The number of fused-ring (bicyclic) bond motifs is 1. The van der Waals surface area contributed by atoms with Crippen LogP contribution in [0.3, 0.4) is 0 Å². The Bertz CT molecular complexity index is 925. The minimum atomic E-state index is -0.758. The van der Waals surface area contributed by atoms with Gasteiger partial charge in [-0.15, -0.1) is 0 Å². The highest BCUT2D eigenvalue weighted by Crippen LogP contribution is 2.37. The standard InChI is InChI=1S/C20H23N5O3/c21-11-15(10-14-4-7-23-18(14)26)24-19(27)16(9-12-1-2-12)25-8-5-13-3-6-22-17(13)20(25)28/h5-6,8,12,14-16H,1-4,7,9-10H2,(H,23,26)(H,24,27). The van der Waals surface area contributed by atoms with Gasteiger partial charge in [-0.05, 0) is 36.8 Å². The predicted octanol–water partition coefficient (Wildman–Crippen LogP) is 0.982. The molecule has 3 aliphatic rings. The summed E-state index contributed by atoms with van der Waals surface area (Å²) < 4.78 is 1.45. The van der Waals surface area contributed by atoms with Crippen LogP contribution >= 0.6 is 0 Å². The van der Waals surface area contributed by atoms with Crippen molar-refractivity contribution in [2.45, 2.75) is 50.6 Å². The van der Waals surface area contributed by atoms with Gasteiger partial charge in [0, 0.05) is 31.3 Å². The zero-order valence-electron chi connectivity index (χ0n) is 15.6. The van der Waals surface area contributed by atoms with Gasteiger partial charge in [-0.2, -0.15) is 5.26 Å². The van der Waals surface area contributed by atoms with Crippen molar-refractivity contribution in [1.82, 2.24) is 15.2 Å². The molecule has 1 saturated heterocycles. The monoisotopic (exact) mass is 381 g/mol. The van der Waals surface area contributed by atoms with E-state index in [1.165, 1.54) is 4.57 Å². The summed E-state index contributed by atoms with van der Waals surface area (Å²) in [6, 6.07) is 2.49. The number of carbonyl (C=O) groups excluding carboxylic acids is 2. The summed E-state index contributed by atoms with van der Waals surface area (Å²) in [6.45, 7) is 0.602. The average molecular weight is 381 g/mol. The number of carbonyl (C=O) groups is 2. The highest BCUT2D eigenvalue weighted by molar-refractivity contribution is 5.82. The Labute approximate surface area is 162 Å². The molecule has 3 unspecified atom stereocenters. The number of rotatable bonds is 7. The molecule has 1 aromatic rings. The predicted molar refractivity (Wildman–Crippen MR) is 102 cm³/mol. The quantitative estimate of drug-likeness (QED) is 0.732. The van der Waals surface area contributed by atoms with E-state index in [2.05, 4.69) is 21.7 Å². The topological polar surface area (TPSA) is 116 Å². The molecule has 2 fully saturated rings. The summed E-state index contributed by atoms with van der Waals surface area (Å²) in [7, 11) is 0. The van der Waals surface area contributed by atoms with E-state index in [-0.39, 0.29) is 29.7 Å². The second-order valence-electron chi connectivity index (χ2n) is 7.82. The molecule has 1 saturated carbocycles. The number of pyridine rings is 1. The second-order valence-corrected chi connectivity index (χ2v) is 7.82. The van der Waals surface area contributed by atoms with Crippen molar-refractivity contribution in [3.63, 3.8) is 0 Å². The molecule has 3 heterocycles. The van der Waals surface area contributed by atoms with E-state index in [0.717, 1.165) is 18.4 Å². The Kier molecular flexibility index (Phi) is 4.99. The number of amides is 2. The van der Waals surface area contributed by atoms with Crippen molar-refractivity contribution in [2.75, 3.05) is 6.54 Å². The lowest BCUT2D eigenvalue weighted by molar-refractivity contribution is -0.126. The Morgan fingerprint density at radius 3 is 2.86 bits per heavy atom. The minimum Gasteiger partial charge on any atom is -0.356 e. The molecule has 28 heavy (non-hydrogen) atoms. The van der Waals surface area contributed by atoms with Crippen LogP contribution < -0.4 is 16.2 Å². The van der Waals surface area contributed by atoms with Crippen molar-refractivity contribution in [2.24, 2.45) is 16.8 Å². The largest absolute Gasteiger partial charge is 0.356 e. The van der Waals surface area contributed by atoms with E-state index in [1.807, 2.05) is 6.07 Å². The zero-order chi connectivity index (χ0) is 19.7. The van der Waals surface area contributed by atoms with Gasteiger partial charge in [-0.3, -0.25) is 19.4 Å². The number of nitrogens with one attached hydrogen (secondary N) is 2. The van der Waals surface area contributed by atoms with Gasteiger partial charge >= 0.3 is 0 Å². The van der Waals surface area contributed by atoms with Gasteiger partial charge in [0.25, 0.3) is 5.56 Å². The minimum absolute atomic E-state index is 0.0725. The molecule has 2 amide bonds.